The summed E-state index contributed by atoms with van der Waals surface area (Å²) in [5, 5.41) is 2.59. The topological polar surface area (TPSA) is 84.9 Å². The van der Waals surface area contributed by atoms with Gasteiger partial charge < -0.3 is 9.47 Å². The van der Waals surface area contributed by atoms with E-state index in [0.29, 0.717) is 30.3 Å². The number of rotatable bonds is 7. The Morgan fingerprint density at radius 1 is 1.09 bits per heavy atom. The summed E-state index contributed by atoms with van der Waals surface area (Å²) < 4.78 is 12.8. The Hall–Kier alpha value is -2.59. The average Bonchev–Trinajstić information content (AvgIpc) is 2.83. The lowest BCUT2D eigenvalue weighted by Gasteiger charge is -2.35. The Labute approximate surface area is 222 Å². The lowest BCUT2D eigenvalue weighted by atomic mass is 9.93. The van der Waals surface area contributed by atoms with Crippen molar-refractivity contribution in [3.63, 3.8) is 0 Å². The summed E-state index contributed by atoms with van der Waals surface area (Å²) in [6.45, 7) is 2.52. The van der Waals surface area contributed by atoms with Gasteiger partial charge in [0.25, 0.3) is 11.8 Å². The van der Waals surface area contributed by atoms with Gasteiger partial charge in [-0.05, 0) is 83.8 Å². The number of amides is 4. The van der Waals surface area contributed by atoms with Crippen molar-refractivity contribution in [1.82, 2.24) is 10.2 Å². The number of imide groups is 2. The van der Waals surface area contributed by atoms with E-state index in [2.05, 4.69) is 27.9 Å². The number of carbonyl (C=O) groups excluding carboxylic acids is 3. The molecule has 35 heavy (non-hydrogen) atoms. The maximum atomic E-state index is 13.2. The standard InChI is InChI=1S/C26H26ClIN2O5/c1-2-34-22-14-17(13-21(27)23(22)35-15-16-8-10-18(28)11-9-16)12-20-24(31)29-26(33)30(25(20)32)19-6-4-3-5-7-19/h8-14,19H,2-7,15H2,1H3,(H,29,31,33). The molecule has 0 aromatic heterocycles. The second kappa shape index (κ2) is 11.4. The monoisotopic (exact) mass is 608 g/mol. The largest absolute Gasteiger partial charge is 0.490 e. The van der Waals surface area contributed by atoms with E-state index in [1.807, 2.05) is 31.2 Å². The number of urea groups is 1. The van der Waals surface area contributed by atoms with Crippen LogP contribution in [0.4, 0.5) is 4.79 Å². The van der Waals surface area contributed by atoms with E-state index in [1.54, 1.807) is 12.1 Å². The molecule has 2 aromatic rings. The van der Waals surface area contributed by atoms with Crippen LogP contribution in [0.25, 0.3) is 6.08 Å². The van der Waals surface area contributed by atoms with Crippen LogP contribution in [0, 0.1) is 3.57 Å². The first kappa shape index (κ1) is 25.5. The van der Waals surface area contributed by atoms with E-state index >= 15 is 0 Å². The fraction of sp³-hybridized carbons (Fsp3) is 0.346. The molecule has 1 aliphatic heterocycles. The number of hydrogen-bond donors (Lipinski definition) is 1. The maximum Gasteiger partial charge on any atom is 0.331 e. The fourth-order valence-electron chi connectivity index (χ4n) is 4.32. The third-order valence-corrected chi connectivity index (χ3v) is 7.01. The average molecular weight is 609 g/mol. The van der Waals surface area contributed by atoms with Gasteiger partial charge in [0, 0.05) is 9.61 Å². The van der Waals surface area contributed by atoms with Crippen molar-refractivity contribution in [3.05, 3.63) is 61.7 Å². The van der Waals surface area contributed by atoms with Gasteiger partial charge in [-0.3, -0.25) is 19.8 Å². The molecule has 2 aromatic carbocycles. The lowest BCUT2D eigenvalue weighted by Crippen LogP contribution is -2.58. The van der Waals surface area contributed by atoms with Crippen molar-refractivity contribution in [2.45, 2.75) is 51.7 Å². The van der Waals surface area contributed by atoms with Gasteiger partial charge in [0.1, 0.15) is 12.2 Å². The zero-order valence-electron chi connectivity index (χ0n) is 19.3. The van der Waals surface area contributed by atoms with Crippen molar-refractivity contribution in [2.75, 3.05) is 6.61 Å². The molecule has 1 N–H and O–H groups in total. The van der Waals surface area contributed by atoms with Crippen molar-refractivity contribution in [1.29, 1.82) is 0 Å². The maximum absolute atomic E-state index is 13.2. The smallest absolute Gasteiger partial charge is 0.331 e. The van der Waals surface area contributed by atoms with E-state index < -0.39 is 17.8 Å². The summed E-state index contributed by atoms with van der Waals surface area (Å²) in [5.41, 5.74) is 1.37. The Morgan fingerprint density at radius 2 is 1.80 bits per heavy atom. The van der Waals surface area contributed by atoms with Gasteiger partial charge in [0.2, 0.25) is 0 Å². The Balaban J connectivity index is 1.61. The predicted octanol–water partition coefficient (Wildman–Crippen LogP) is 5.72. The SMILES string of the molecule is CCOc1cc(C=C2C(=O)NC(=O)N(C3CCCCC3)C2=O)cc(Cl)c1OCc1ccc(I)cc1. The van der Waals surface area contributed by atoms with E-state index in [4.69, 9.17) is 21.1 Å². The molecule has 4 rings (SSSR count). The van der Waals surface area contributed by atoms with Crippen molar-refractivity contribution in [2.24, 2.45) is 0 Å². The van der Waals surface area contributed by atoms with Gasteiger partial charge in [-0.25, -0.2) is 4.79 Å². The van der Waals surface area contributed by atoms with Gasteiger partial charge >= 0.3 is 6.03 Å². The summed E-state index contributed by atoms with van der Waals surface area (Å²) in [6, 6.07) is 10.4. The summed E-state index contributed by atoms with van der Waals surface area (Å²) in [6.07, 6.45) is 5.91. The lowest BCUT2D eigenvalue weighted by molar-refractivity contribution is -0.132. The fourth-order valence-corrected chi connectivity index (χ4v) is 4.95. The molecule has 1 heterocycles. The van der Waals surface area contributed by atoms with Gasteiger partial charge in [0.15, 0.2) is 11.5 Å². The van der Waals surface area contributed by atoms with Crippen LogP contribution in [0.2, 0.25) is 5.02 Å². The molecule has 0 unspecified atom stereocenters. The quantitative estimate of drug-likeness (QED) is 0.247. The van der Waals surface area contributed by atoms with Crippen LogP contribution in [0.3, 0.4) is 0 Å². The van der Waals surface area contributed by atoms with Gasteiger partial charge in [-0.15, -0.1) is 0 Å². The molecule has 184 valence electrons. The molecule has 7 nitrogen and oxygen atoms in total. The highest BCUT2D eigenvalue weighted by Crippen LogP contribution is 2.38. The number of hydrogen-bond acceptors (Lipinski definition) is 5. The number of benzene rings is 2. The third kappa shape index (κ3) is 5.98. The highest BCUT2D eigenvalue weighted by molar-refractivity contribution is 14.1. The minimum atomic E-state index is -0.722. The van der Waals surface area contributed by atoms with Crippen LogP contribution in [0.1, 0.15) is 50.2 Å². The molecule has 0 bridgehead atoms. The predicted molar refractivity (Wildman–Crippen MR) is 141 cm³/mol. The van der Waals surface area contributed by atoms with E-state index in [-0.39, 0.29) is 16.6 Å². The zero-order chi connectivity index (χ0) is 24.9. The van der Waals surface area contributed by atoms with E-state index in [1.165, 1.54) is 11.0 Å². The van der Waals surface area contributed by atoms with Gasteiger partial charge in [-0.2, -0.15) is 0 Å². The van der Waals surface area contributed by atoms with Gasteiger partial charge in [-0.1, -0.05) is 43.0 Å². The molecule has 1 aliphatic carbocycles. The number of nitrogens with one attached hydrogen (secondary N) is 1. The molecular weight excluding hydrogens is 583 g/mol. The van der Waals surface area contributed by atoms with Crippen molar-refractivity contribution in [3.8, 4) is 11.5 Å². The summed E-state index contributed by atoms with van der Waals surface area (Å²) in [7, 11) is 0. The number of carbonyl (C=O) groups is 3. The molecule has 1 saturated carbocycles. The van der Waals surface area contributed by atoms with Crippen LogP contribution >= 0.6 is 34.2 Å². The molecule has 0 atom stereocenters. The van der Waals surface area contributed by atoms with Crippen LogP contribution in [0.15, 0.2) is 42.0 Å². The number of ether oxygens (including phenoxy) is 2. The second-order valence-corrected chi connectivity index (χ2v) is 10.1. The minimum absolute atomic E-state index is 0.110. The molecule has 4 amide bonds. The van der Waals surface area contributed by atoms with Crippen LogP contribution < -0.4 is 14.8 Å². The molecule has 9 heteroatoms. The Bertz CT molecular complexity index is 1160. The van der Waals surface area contributed by atoms with Gasteiger partial charge in [0.05, 0.1) is 11.6 Å². The first-order valence-electron chi connectivity index (χ1n) is 11.6. The molecule has 2 aliphatic rings. The molecule has 0 radical (unpaired) electrons. The Kier molecular flexibility index (Phi) is 8.33. The number of halogens is 2. The van der Waals surface area contributed by atoms with Crippen molar-refractivity contribution >= 4 is 58.1 Å². The highest BCUT2D eigenvalue weighted by atomic mass is 127. The zero-order valence-corrected chi connectivity index (χ0v) is 22.2. The number of nitrogens with zero attached hydrogens (tertiary/aromatic N) is 1. The second-order valence-electron chi connectivity index (χ2n) is 8.46. The highest BCUT2D eigenvalue weighted by Gasteiger charge is 2.40. The van der Waals surface area contributed by atoms with Crippen molar-refractivity contribution < 1.29 is 23.9 Å². The first-order valence-corrected chi connectivity index (χ1v) is 13.1. The molecular formula is C26H26ClIN2O5. The third-order valence-electron chi connectivity index (χ3n) is 6.01. The summed E-state index contributed by atoms with van der Waals surface area (Å²) >= 11 is 8.78. The molecule has 1 saturated heterocycles. The van der Waals surface area contributed by atoms with Crippen LogP contribution in [-0.2, 0) is 16.2 Å². The first-order chi connectivity index (χ1) is 16.9. The summed E-state index contributed by atoms with van der Waals surface area (Å²) in [5.74, 6) is -0.521. The molecule has 2 fully saturated rings. The molecule has 0 spiro atoms. The van der Waals surface area contributed by atoms with Crippen LogP contribution in [0.5, 0.6) is 11.5 Å². The van der Waals surface area contributed by atoms with E-state index in [0.717, 1.165) is 41.2 Å². The minimum Gasteiger partial charge on any atom is -0.490 e. The Morgan fingerprint density at radius 3 is 2.49 bits per heavy atom. The van der Waals surface area contributed by atoms with E-state index in [9.17, 15) is 14.4 Å². The normalized spacial score (nSPS) is 18.1. The number of barbiturate groups is 1. The summed E-state index contributed by atoms with van der Waals surface area (Å²) in [4.78, 5) is 39.4. The van der Waals surface area contributed by atoms with Crippen LogP contribution in [-0.4, -0.2) is 35.4 Å².